The predicted molar refractivity (Wildman–Crippen MR) is 65.8 cm³/mol. The average molecular weight is 271 g/mol. The number of nitrogens with one attached hydrogen (secondary N) is 1. The highest BCUT2D eigenvalue weighted by molar-refractivity contribution is 9.10. The van der Waals surface area contributed by atoms with E-state index in [1.807, 2.05) is 25.1 Å². The number of hydrogen-bond acceptors (Lipinski definition) is 2. The maximum absolute atomic E-state index is 11.6. The summed E-state index contributed by atoms with van der Waals surface area (Å²) < 4.78 is 0.861. The van der Waals surface area contributed by atoms with Gasteiger partial charge in [-0.2, -0.15) is 0 Å². The van der Waals surface area contributed by atoms with Crippen LogP contribution in [0.15, 0.2) is 22.7 Å². The van der Waals surface area contributed by atoms with Crippen LogP contribution in [0.5, 0.6) is 0 Å². The van der Waals surface area contributed by atoms with E-state index >= 15 is 0 Å². The van der Waals surface area contributed by atoms with E-state index < -0.39 is 5.54 Å². The average Bonchev–Trinajstić information content (AvgIpc) is 2.08. The molecule has 1 aromatic rings. The Morgan fingerprint density at radius 1 is 1.47 bits per heavy atom. The molecule has 1 rings (SSSR count). The van der Waals surface area contributed by atoms with Crippen molar-refractivity contribution < 1.29 is 4.79 Å². The second-order valence-electron chi connectivity index (χ2n) is 4.16. The highest BCUT2D eigenvalue weighted by atomic mass is 79.9. The predicted octanol–water partition coefficient (Wildman–Crippen LogP) is 2.43. The van der Waals surface area contributed by atoms with Gasteiger partial charge in [0.15, 0.2) is 0 Å². The summed E-state index contributed by atoms with van der Waals surface area (Å²) in [6, 6.07) is 5.73. The van der Waals surface area contributed by atoms with E-state index in [1.165, 1.54) is 0 Å². The first-order valence-electron chi connectivity index (χ1n) is 4.67. The first kappa shape index (κ1) is 12.2. The Hall–Kier alpha value is -0.870. The van der Waals surface area contributed by atoms with Crippen molar-refractivity contribution >= 4 is 27.5 Å². The molecule has 15 heavy (non-hydrogen) atoms. The number of carbonyl (C=O) groups excluding carboxylic acids is 1. The summed E-state index contributed by atoms with van der Waals surface area (Å²) >= 11 is 3.39. The smallest absolute Gasteiger partial charge is 0.243 e. The highest BCUT2D eigenvalue weighted by Crippen LogP contribution is 2.23. The van der Waals surface area contributed by atoms with Crippen LogP contribution in [0.25, 0.3) is 0 Å². The number of anilines is 1. The molecule has 0 aliphatic heterocycles. The summed E-state index contributed by atoms with van der Waals surface area (Å²) in [5, 5.41) is 2.77. The monoisotopic (exact) mass is 270 g/mol. The Bertz CT molecular complexity index is 383. The van der Waals surface area contributed by atoms with Crippen molar-refractivity contribution in [2.45, 2.75) is 26.3 Å². The van der Waals surface area contributed by atoms with Crippen molar-refractivity contribution in [1.29, 1.82) is 0 Å². The molecule has 1 amide bonds. The fourth-order valence-electron chi connectivity index (χ4n) is 1.00. The molecule has 0 heterocycles. The molecule has 0 atom stereocenters. The van der Waals surface area contributed by atoms with Gasteiger partial charge in [0, 0.05) is 4.47 Å². The van der Waals surface area contributed by atoms with E-state index in [1.54, 1.807) is 13.8 Å². The zero-order valence-corrected chi connectivity index (χ0v) is 10.7. The molecule has 4 heteroatoms. The first-order valence-corrected chi connectivity index (χ1v) is 5.46. The minimum Gasteiger partial charge on any atom is -0.323 e. The molecule has 3 N–H and O–H groups in total. The highest BCUT2D eigenvalue weighted by Gasteiger charge is 2.22. The third-order valence-corrected chi connectivity index (χ3v) is 2.61. The number of amides is 1. The van der Waals surface area contributed by atoms with Gasteiger partial charge in [-0.1, -0.05) is 6.07 Å². The lowest BCUT2D eigenvalue weighted by molar-refractivity contribution is -0.120. The van der Waals surface area contributed by atoms with E-state index in [0.717, 1.165) is 15.7 Å². The molecule has 3 nitrogen and oxygen atoms in total. The van der Waals surface area contributed by atoms with Crippen LogP contribution in [0, 0.1) is 6.92 Å². The Labute approximate surface area is 98.2 Å². The summed E-state index contributed by atoms with van der Waals surface area (Å²) in [6.07, 6.45) is 0. The topological polar surface area (TPSA) is 55.1 Å². The van der Waals surface area contributed by atoms with Crippen molar-refractivity contribution in [3.8, 4) is 0 Å². The molecule has 0 radical (unpaired) electrons. The number of hydrogen-bond donors (Lipinski definition) is 2. The number of carbonyl (C=O) groups is 1. The van der Waals surface area contributed by atoms with E-state index in [4.69, 9.17) is 5.73 Å². The van der Waals surface area contributed by atoms with Gasteiger partial charge >= 0.3 is 0 Å². The van der Waals surface area contributed by atoms with Gasteiger partial charge in [-0.3, -0.25) is 4.79 Å². The van der Waals surface area contributed by atoms with Crippen molar-refractivity contribution in [1.82, 2.24) is 0 Å². The SMILES string of the molecule is Cc1ccc(NC(=O)C(C)(C)N)c(Br)c1. The number of nitrogens with two attached hydrogens (primary N) is 1. The normalized spacial score (nSPS) is 11.3. The molecule has 0 fully saturated rings. The Balaban J connectivity index is 2.87. The molecule has 0 bridgehead atoms. The van der Waals surface area contributed by atoms with E-state index in [9.17, 15) is 4.79 Å². The minimum atomic E-state index is -0.871. The van der Waals surface area contributed by atoms with Crippen molar-refractivity contribution in [2.75, 3.05) is 5.32 Å². The quantitative estimate of drug-likeness (QED) is 0.868. The zero-order valence-electron chi connectivity index (χ0n) is 9.10. The van der Waals surface area contributed by atoms with E-state index in [0.29, 0.717) is 0 Å². The summed E-state index contributed by atoms with van der Waals surface area (Å²) in [5.41, 5.74) is 6.68. The minimum absolute atomic E-state index is 0.202. The summed E-state index contributed by atoms with van der Waals surface area (Å²) in [7, 11) is 0. The summed E-state index contributed by atoms with van der Waals surface area (Å²) in [6.45, 7) is 5.33. The number of rotatable bonds is 2. The van der Waals surface area contributed by atoms with Crippen LogP contribution in [-0.2, 0) is 4.79 Å². The Morgan fingerprint density at radius 3 is 2.53 bits per heavy atom. The first-order chi connectivity index (χ1) is 6.80. The maximum Gasteiger partial charge on any atom is 0.243 e. The molecule has 0 aliphatic rings. The lowest BCUT2D eigenvalue weighted by atomic mass is 10.1. The van der Waals surface area contributed by atoms with E-state index in [2.05, 4.69) is 21.2 Å². The molecule has 0 aromatic heterocycles. The zero-order chi connectivity index (χ0) is 11.6. The van der Waals surface area contributed by atoms with Gasteiger partial charge in [-0.15, -0.1) is 0 Å². The second-order valence-corrected chi connectivity index (χ2v) is 5.01. The number of aryl methyl sites for hydroxylation is 1. The van der Waals surface area contributed by atoms with Crippen LogP contribution in [0.2, 0.25) is 0 Å². The molecular weight excluding hydrogens is 256 g/mol. The van der Waals surface area contributed by atoms with Crippen molar-refractivity contribution in [3.63, 3.8) is 0 Å². The van der Waals surface area contributed by atoms with Gasteiger partial charge in [0.1, 0.15) is 0 Å². The molecule has 0 spiro atoms. The third-order valence-electron chi connectivity index (χ3n) is 1.96. The largest absolute Gasteiger partial charge is 0.323 e. The maximum atomic E-state index is 11.6. The molecule has 0 saturated heterocycles. The van der Waals surface area contributed by atoms with Crippen LogP contribution in [0.4, 0.5) is 5.69 Å². The van der Waals surface area contributed by atoms with Crippen molar-refractivity contribution in [3.05, 3.63) is 28.2 Å². The standard InChI is InChI=1S/C11H15BrN2O/c1-7-4-5-9(8(12)6-7)14-10(15)11(2,3)13/h4-6H,13H2,1-3H3,(H,14,15). The van der Waals surface area contributed by atoms with Gasteiger partial charge in [0.2, 0.25) is 5.91 Å². The van der Waals surface area contributed by atoms with E-state index in [-0.39, 0.29) is 5.91 Å². The molecule has 0 unspecified atom stereocenters. The van der Waals surface area contributed by atoms with Crippen LogP contribution in [0.3, 0.4) is 0 Å². The molecular formula is C11H15BrN2O. The Kier molecular flexibility index (Phi) is 3.52. The fraction of sp³-hybridized carbons (Fsp3) is 0.364. The van der Waals surface area contributed by atoms with Crippen LogP contribution in [-0.4, -0.2) is 11.4 Å². The number of benzene rings is 1. The molecule has 0 saturated carbocycles. The molecule has 0 aliphatic carbocycles. The Morgan fingerprint density at radius 2 is 2.07 bits per heavy atom. The molecule has 82 valence electrons. The van der Waals surface area contributed by atoms with Gasteiger partial charge < -0.3 is 11.1 Å². The van der Waals surface area contributed by atoms with Gasteiger partial charge in [0.25, 0.3) is 0 Å². The number of halogens is 1. The summed E-state index contributed by atoms with van der Waals surface area (Å²) in [5.74, 6) is -0.202. The third kappa shape index (κ3) is 3.32. The lowest BCUT2D eigenvalue weighted by Gasteiger charge is -2.18. The van der Waals surface area contributed by atoms with Gasteiger partial charge in [-0.25, -0.2) is 0 Å². The fourth-order valence-corrected chi connectivity index (χ4v) is 1.60. The second kappa shape index (κ2) is 4.33. The van der Waals surface area contributed by atoms with Crippen LogP contribution in [0.1, 0.15) is 19.4 Å². The van der Waals surface area contributed by atoms with Gasteiger partial charge in [-0.05, 0) is 54.4 Å². The van der Waals surface area contributed by atoms with Crippen LogP contribution >= 0.6 is 15.9 Å². The van der Waals surface area contributed by atoms with Crippen LogP contribution < -0.4 is 11.1 Å². The van der Waals surface area contributed by atoms with Crippen molar-refractivity contribution in [2.24, 2.45) is 5.73 Å². The summed E-state index contributed by atoms with van der Waals surface area (Å²) in [4.78, 5) is 11.6. The van der Waals surface area contributed by atoms with Gasteiger partial charge in [0.05, 0.1) is 11.2 Å². The lowest BCUT2D eigenvalue weighted by Crippen LogP contribution is -2.45. The molecule has 1 aromatic carbocycles.